The minimum Gasteiger partial charge on any atom is -0.724 e. The van der Waals surface area contributed by atoms with Crippen molar-refractivity contribution >= 4 is 28.2 Å². The first kappa shape index (κ1) is 22.3. The molecule has 3 N–H and O–H groups in total. The van der Waals surface area contributed by atoms with Crippen LogP contribution in [0.25, 0.3) is 0 Å². The maximum Gasteiger partial charge on any atom is 1.00 e. The molecule has 0 aromatic carbocycles. The van der Waals surface area contributed by atoms with Gasteiger partial charge in [0.25, 0.3) is 5.91 Å². The number of rotatable bonds is 4. The van der Waals surface area contributed by atoms with Gasteiger partial charge in [0.05, 0.1) is 12.0 Å². The van der Waals surface area contributed by atoms with Gasteiger partial charge in [0.2, 0.25) is 16.3 Å². The Kier molecular flexibility index (Phi) is 7.47. The van der Waals surface area contributed by atoms with E-state index in [4.69, 9.17) is 0 Å². The predicted octanol–water partition coefficient (Wildman–Crippen LogP) is -5.20. The fourth-order valence-corrected chi connectivity index (χ4v) is 3.87. The third kappa shape index (κ3) is 5.31. The van der Waals surface area contributed by atoms with Crippen LogP contribution in [0.1, 0.15) is 25.7 Å². The largest absolute Gasteiger partial charge is 1.00 e. The molecule has 3 aliphatic heterocycles. The van der Waals surface area contributed by atoms with Crippen molar-refractivity contribution < 1.29 is 61.2 Å². The minimum atomic E-state index is -5.09. The summed E-state index contributed by atoms with van der Waals surface area (Å²) < 4.78 is 36.4. The molecule has 146 valence electrons. The Labute approximate surface area is 178 Å². The first-order valence-electron chi connectivity index (χ1n) is 8.32. The smallest absolute Gasteiger partial charge is 0.724 e. The third-order valence-electron chi connectivity index (χ3n) is 4.77. The van der Waals surface area contributed by atoms with Gasteiger partial charge in [-0.2, -0.15) is 9.35 Å². The molecule has 0 saturated carbocycles. The van der Waals surface area contributed by atoms with Gasteiger partial charge in [-0.25, -0.2) is 13.2 Å². The molecule has 0 radical (unpaired) electrons. The number of hydroxylamine groups is 2. The van der Waals surface area contributed by atoms with Crippen molar-refractivity contribution in [2.45, 2.75) is 37.8 Å². The Bertz CT molecular complexity index is 699. The standard InChI is InChI=1S/C13H21N5O7S.Na/c19-11(8-2-1-5-14-6-8)15-16-12(20)10-4-3-9-7-17(10)13(21)18(9)25-26(22,23)24;/h8-10,14H,1-7H2,(H,15,19)(H,16,20)(H,22,23,24);/q;+1/p-1/t8-,9-,10+;/m1./s1. The van der Waals surface area contributed by atoms with E-state index in [1.54, 1.807) is 0 Å². The zero-order valence-corrected chi connectivity index (χ0v) is 17.7. The van der Waals surface area contributed by atoms with E-state index >= 15 is 0 Å². The van der Waals surface area contributed by atoms with Gasteiger partial charge >= 0.3 is 35.6 Å². The van der Waals surface area contributed by atoms with E-state index in [1.165, 1.54) is 0 Å². The van der Waals surface area contributed by atoms with E-state index in [0.29, 0.717) is 11.6 Å². The molecule has 3 saturated heterocycles. The zero-order valence-electron chi connectivity index (χ0n) is 14.8. The average molecular weight is 413 g/mol. The van der Waals surface area contributed by atoms with Crippen molar-refractivity contribution in [3.05, 3.63) is 0 Å². The fraction of sp³-hybridized carbons (Fsp3) is 0.769. The zero-order chi connectivity index (χ0) is 18.9. The molecule has 3 heterocycles. The van der Waals surface area contributed by atoms with Gasteiger partial charge in [-0.05, 0) is 32.2 Å². The maximum atomic E-state index is 12.3. The number of fused-ring (bicyclic) bond motifs is 2. The summed E-state index contributed by atoms with van der Waals surface area (Å²) >= 11 is 0. The van der Waals surface area contributed by atoms with Crippen LogP contribution in [0, 0.1) is 5.92 Å². The molecule has 27 heavy (non-hydrogen) atoms. The van der Waals surface area contributed by atoms with Crippen molar-refractivity contribution in [3.8, 4) is 0 Å². The van der Waals surface area contributed by atoms with Crippen LogP contribution in [-0.2, 0) is 24.3 Å². The number of urea groups is 1. The SMILES string of the molecule is O=C(NNC(=O)[C@@H]1CC[C@@H]2CN1C(=O)N2OS(=O)(=O)[O-])[C@@H]1CCCNC1.[Na+]. The van der Waals surface area contributed by atoms with Crippen LogP contribution in [0.5, 0.6) is 0 Å². The number of carbonyl (C=O) groups excluding carboxylic acids is 3. The van der Waals surface area contributed by atoms with Crippen LogP contribution in [0.15, 0.2) is 0 Å². The van der Waals surface area contributed by atoms with Crippen LogP contribution >= 0.6 is 0 Å². The number of piperidine rings is 2. The van der Waals surface area contributed by atoms with Crippen LogP contribution < -0.4 is 45.7 Å². The van der Waals surface area contributed by atoms with E-state index in [-0.39, 0.29) is 60.8 Å². The first-order chi connectivity index (χ1) is 12.3. The number of hydrazine groups is 1. The summed E-state index contributed by atoms with van der Waals surface area (Å²) in [6.45, 7) is 1.45. The summed E-state index contributed by atoms with van der Waals surface area (Å²) in [6, 6.07) is -2.36. The van der Waals surface area contributed by atoms with Gasteiger partial charge < -0.3 is 14.8 Å². The molecule has 0 aliphatic carbocycles. The summed E-state index contributed by atoms with van der Waals surface area (Å²) in [5, 5.41) is 3.60. The Hall–Kier alpha value is -0.960. The third-order valence-corrected chi connectivity index (χ3v) is 5.12. The van der Waals surface area contributed by atoms with Crippen molar-refractivity contribution in [1.82, 2.24) is 26.1 Å². The Morgan fingerprint density at radius 3 is 2.52 bits per heavy atom. The topological polar surface area (TPSA) is 160 Å². The molecular weight excluding hydrogens is 393 g/mol. The Balaban J connectivity index is 0.00000261. The quantitative estimate of drug-likeness (QED) is 0.178. The van der Waals surface area contributed by atoms with Gasteiger partial charge in [-0.1, -0.05) is 0 Å². The van der Waals surface area contributed by atoms with Gasteiger partial charge in [-0.3, -0.25) is 20.4 Å². The summed E-state index contributed by atoms with van der Waals surface area (Å²) in [5.74, 6) is -1.13. The van der Waals surface area contributed by atoms with Crippen LogP contribution in [-0.4, -0.2) is 72.5 Å². The molecule has 3 rings (SSSR count). The maximum absolute atomic E-state index is 12.3. The summed E-state index contributed by atoms with van der Waals surface area (Å²) in [5.41, 5.74) is 4.68. The second-order valence-electron chi connectivity index (χ2n) is 6.51. The molecule has 3 atom stereocenters. The van der Waals surface area contributed by atoms with E-state index in [1.807, 2.05) is 0 Å². The normalized spacial score (nSPS) is 27.7. The number of amides is 4. The van der Waals surface area contributed by atoms with Crippen molar-refractivity contribution in [1.29, 1.82) is 0 Å². The van der Waals surface area contributed by atoms with E-state index in [2.05, 4.69) is 20.5 Å². The van der Waals surface area contributed by atoms with Crippen molar-refractivity contribution in [3.63, 3.8) is 0 Å². The number of nitrogens with one attached hydrogen (secondary N) is 3. The molecule has 3 fully saturated rings. The number of hydrogen-bond acceptors (Lipinski definition) is 8. The molecule has 2 bridgehead atoms. The Morgan fingerprint density at radius 1 is 1.19 bits per heavy atom. The number of carbonyl (C=O) groups is 3. The first-order valence-corrected chi connectivity index (χ1v) is 9.65. The minimum absolute atomic E-state index is 0. The molecule has 4 amide bonds. The second kappa shape index (κ2) is 9.03. The summed E-state index contributed by atoms with van der Waals surface area (Å²) in [7, 11) is -5.09. The fourth-order valence-electron chi connectivity index (χ4n) is 3.49. The molecule has 0 aromatic rings. The average Bonchev–Trinajstić information content (AvgIpc) is 2.84. The second-order valence-corrected chi connectivity index (χ2v) is 7.48. The van der Waals surface area contributed by atoms with Gasteiger partial charge in [0.1, 0.15) is 6.04 Å². The molecule has 0 spiro atoms. The van der Waals surface area contributed by atoms with Gasteiger partial charge in [0.15, 0.2) is 0 Å². The van der Waals surface area contributed by atoms with E-state index < -0.39 is 34.4 Å². The Morgan fingerprint density at radius 2 is 1.89 bits per heavy atom. The number of nitrogens with zero attached hydrogens (tertiary/aromatic N) is 2. The van der Waals surface area contributed by atoms with Crippen LogP contribution in [0.4, 0.5) is 4.79 Å². The molecule has 0 unspecified atom stereocenters. The predicted molar refractivity (Wildman–Crippen MR) is 83.4 cm³/mol. The van der Waals surface area contributed by atoms with Crippen molar-refractivity contribution in [2.75, 3.05) is 19.6 Å². The van der Waals surface area contributed by atoms with Crippen LogP contribution in [0.2, 0.25) is 0 Å². The van der Waals surface area contributed by atoms with Crippen LogP contribution in [0.3, 0.4) is 0 Å². The van der Waals surface area contributed by atoms with Gasteiger partial charge in [-0.15, -0.1) is 0 Å². The van der Waals surface area contributed by atoms with E-state index in [9.17, 15) is 27.4 Å². The number of hydrogen-bond donors (Lipinski definition) is 3. The molecule has 0 aromatic heterocycles. The van der Waals surface area contributed by atoms with E-state index in [0.717, 1.165) is 24.3 Å². The molecule has 12 nitrogen and oxygen atoms in total. The van der Waals surface area contributed by atoms with Crippen molar-refractivity contribution in [2.24, 2.45) is 5.92 Å². The summed E-state index contributed by atoms with van der Waals surface area (Å²) in [4.78, 5) is 37.7. The molecule has 14 heteroatoms. The monoisotopic (exact) mass is 413 g/mol. The molecule has 3 aliphatic rings. The summed E-state index contributed by atoms with van der Waals surface area (Å²) in [6.07, 6.45) is 2.13. The molecular formula is C13H20N5NaO7S. The van der Waals surface area contributed by atoms with Gasteiger partial charge in [0, 0.05) is 13.1 Å².